The van der Waals surface area contributed by atoms with E-state index in [-0.39, 0.29) is 5.84 Å². The highest BCUT2D eigenvalue weighted by molar-refractivity contribution is 5.73. The molecule has 0 aromatic carbocycles. The number of rotatable bonds is 0. The van der Waals surface area contributed by atoms with Gasteiger partial charge in [0.15, 0.2) is 0 Å². The number of nitrogens with one attached hydrogen (secondary N) is 1. The first-order valence-corrected chi connectivity index (χ1v) is 2.93. The van der Waals surface area contributed by atoms with Gasteiger partial charge in [-0.2, -0.15) is 14.0 Å². The van der Waals surface area contributed by atoms with Crippen LogP contribution in [-0.4, -0.2) is 10.5 Å². The lowest BCUT2D eigenvalue weighted by molar-refractivity contribution is -1.92. The molecule has 0 fully saturated rings. The maximum absolute atomic E-state index is 8.60. The minimum atomic E-state index is -4.69. The molecule has 0 radical (unpaired) electrons. The largest absolute Gasteiger partial charge is 0.388 e. The van der Waals surface area contributed by atoms with Gasteiger partial charge in [-0.3, -0.25) is 5.41 Å². The van der Waals surface area contributed by atoms with Gasteiger partial charge in [0.05, 0.1) is 20.7 Å². The predicted octanol–water partition coefficient (Wildman–Crippen LogP) is -4.18. The topological polar surface area (TPSA) is 139 Å². The minimum Gasteiger partial charge on any atom is -0.388 e. The number of nitrogens with two attached hydrogens (primary N) is 1. The first-order chi connectivity index (χ1) is 3.73. The Morgan fingerprint density at radius 1 is 1.56 bits per heavy atom. The third-order valence-corrected chi connectivity index (χ3v) is 0. The van der Waals surface area contributed by atoms with Crippen molar-refractivity contribution in [3.63, 3.8) is 0 Å². The zero-order valence-corrected chi connectivity index (χ0v) is 5.38. The van der Waals surface area contributed by atoms with Crippen molar-refractivity contribution < 1.29 is 28.9 Å². The smallest absolute Gasteiger partial charge is 0.0873 e. The SMILES string of the molecule is CC(=N)N.[O-][Cl+3]([O-])([O-])O. The Labute approximate surface area is 53.8 Å². The highest BCUT2D eigenvalue weighted by Crippen LogP contribution is 1.60. The maximum Gasteiger partial charge on any atom is 0.0873 e. The minimum absolute atomic E-state index is 0.167. The van der Waals surface area contributed by atoms with E-state index in [9.17, 15) is 0 Å². The summed E-state index contributed by atoms with van der Waals surface area (Å²) in [5.74, 6) is 0.167. The van der Waals surface area contributed by atoms with Crippen LogP contribution in [-0.2, 0) is 0 Å². The summed E-state index contributed by atoms with van der Waals surface area (Å²) < 4.78 is 32.7. The van der Waals surface area contributed by atoms with E-state index in [4.69, 9.17) is 29.8 Å². The van der Waals surface area contributed by atoms with Gasteiger partial charge in [0.1, 0.15) is 0 Å². The number of hydrogen-bond donors (Lipinski definition) is 3. The van der Waals surface area contributed by atoms with Crippen LogP contribution >= 0.6 is 0 Å². The van der Waals surface area contributed by atoms with Gasteiger partial charge < -0.3 is 5.73 Å². The van der Waals surface area contributed by atoms with Crippen molar-refractivity contribution in [2.24, 2.45) is 5.73 Å². The standard InChI is InChI=1S/C2H6N2.ClHO4/c1-2(3)4;2-1(3,4)5/h1H3,(H3,3,4);(H,2,3,4,5). The lowest BCUT2D eigenvalue weighted by atomic mass is 10.8. The molecular weight excluding hydrogens is 151 g/mol. The van der Waals surface area contributed by atoms with Gasteiger partial charge in [0.25, 0.3) is 0 Å². The van der Waals surface area contributed by atoms with Crippen LogP contribution in [0.15, 0.2) is 0 Å². The normalized spacial score (nSPS) is 9.44. The molecule has 56 valence electrons. The molecule has 4 N–H and O–H groups in total. The van der Waals surface area contributed by atoms with E-state index in [0.29, 0.717) is 0 Å². The molecule has 0 heterocycles. The van der Waals surface area contributed by atoms with Crippen molar-refractivity contribution in [3.05, 3.63) is 0 Å². The van der Waals surface area contributed by atoms with Crippen molar-refractivity contribution in [2.75, 3.05) is 0 Å². The molecule has 0 saturated carbocycles. The summed E-state index contributed by atoms with van der Waals surface area (Å²) in [6.45, 7) is 1.53. The second kappa shape index (κ2) is 4.48. The lowest BCUT2D eigenvalue weighted by Crippen LogP contribution is -2.58. The Hall–Kier alpha value is -0.400. The highest BCUT2D eigenvalue weighted by Gasteiger charge is 1.98. The molecule has 0 aliphatic heterocycles. The molecule has 0 unspecified atom stereocenters. The first kappa shape index (κ1) is 11.4. The summed E-state index contributed by atoms with van der Waals surface area (Å²) in [4.78, 5) is 0. The number of halogens is 1. The van der Waals surface area contributed by atoms with Crippen LogP contribution in [0.2, 0.25) is 0 Å². The van der Waals surface area contributed by atoms with Crippen LogP contribution in [0.25, 0.3) is 0 Å². The second-order valence-corrected chi connectivity index (χ2v) is 1.87. The monoisotopic (exact) mass is 158 g/mol. The van der Waals surface area contributed by atoms with Crippen LogP contribution in [0, 0.1) is 15.7 Å². The van der Waals surface area contributed by atoms with Gasteiger partial charge in [0.2, 0.25) is 0 Å². The van der Waals surface area contributed by atoms with E-state index in [1.807, 2.05) is 0 Å². The summed E-state index contributed by atoms with van der Waals surface area (Å²) in [7, 11) is -4.69. The Balaban J connectivity index is 0. The van der Waals surface area contributed by atoms with E-state index < -0.39 is 10.2 Å². The number of hydrogen-bond acceptors (Lipinski definition) is 5. The molecule has 0 atom stereocenters. The van der Waals surface area contributed by atoms with Gasteiger partial charge in [-0.15, -0.1) is 0 Å². The van der Waals surface area contributed by atoms with Gasteiger partial charge in [0, 0.05) is 0 Å². The fourth-order valence-corrected chi connectivity index (χ4v) is 0. The fraction of sp³-hybridized carbons (Fsp3) is 0.500. The van der Waals surface area contributed by atoms with Crippen LogP contribution < -0.4 is 19.7 Å². The quantitative estimate of drug-likeness (QED) is 0.242. The molecule has 7 heteroatoms. The van der Waals surface area contributed by atoms with Crippen molar-refractivity contribution in [1.29, 1.82) is 5.41 Å². The summed E-state index contributed by atoms with van der Waals surface area (Å²) in [5.41, 5.74) is 4.69. The van der Waals surface area contributed by atoms with Gasteiger partial charge >= 0.3 is 0 Å². The van der Waals surface area contributed by atoms with E-state index >= 15 is 0 Å². The Morgan fingerprint density at radius 3 is 1.56 bits per heavy atom. The zero-order chi connectivity index (χ0) is 8.08. The summed E-state index contributed by atoms with van der Waals surface area (Å²) in [6.07, 6.45) is 0. The van der Waals surface area contributed by atoms with Gasteiger partial charge in [-0.25, -0.2) is 0 Å². The molecule has 0 aliphatic rings. The zero-order valence-electron chi connectivity index (χ0n) is 4.63. The van der Waals surface area contributed by atoms with E-state index in [0.717, 1.165) is 0 Å². The van der Waals surface area contributed by atoms with Gasteiger partial charge in [-0.05, 0) is 6.92 Å². The van der Waals surface area contributed by atoms with Crippen LogP contribution in [0.1, 0.15) is 6.92 Å². The molecule has 0 aliphatic carbocycles. The molecule has 0 rings (SSSR count). The van der Waals surface area contributed by atoms with Crippen LogP contribution in [0.5, 0.6) is 0 Å². The predicted molar refractivity (Wildman–Crippen MR) is 19.8 cm³/mol. The summed E-state index contributed by atoms with van der Waals surface area (Å²) in [5, 5.41) is 6.28. The van der Waals surface area contributed by atoms with Gasteiger partial charge in [-0.1, -0.05) is 0 Å². The Morgan fingerprint density at radius 2 is 1.56 bits per heavy atom. The average Bonchev–Trinajstić information content (AvgIpc) is 1.19. The van der Waals surface area contributed by atoms with Crippen molar-refractivity contribution in [2.45, 2.75) is 6.92 Å². The second-order valence-electron chi connectivity index (χ2n) is 1.08. The van der Waals surface area contributed by atoms with Crippen LogP contribution in [0.4, 0.5) is 0 Å². The summed E-state index contributed by atoms with van der Waals surface area (Å²) >= 11 is 0. The summed E-state index contributed by atoms with van der Waals surface area (Å²) in [6, 6.07) is 0. The fourth-order valence-electron chi connectivity index (χ4n) is 0. The molecule has 9 heavy (non-hydrogen) atoms. The van der Waals surface area contributed by atoms with E-state index in [1.165, 1.54) is 6.92 Å². The van der Waals surface area contributed by atoms with Crippen molar-refractivity contribution in [1.82, 2.24) is 0 Å². The maximum atomic E-state index is 8.60. The Bertz CT molecular complexity index is 79.1. The molecular formula is C2H7ClN2O4. The molecule has 0 aromatic rings. The average molecular weight is 159 g/mol. The van der Waals surface area contributed by atoms with Crippen LogP contribution in [0.3, 0.4) is 0 Å². The first-order valence-electron chi connectivity index (χ1n) is 1.67. The third-order valence-electron chi connectivity index (χ3n) is 0. The molecule has 0 saturated heterocycles. The van der Waals surface area contributed by atoms with E-state index in [1.54, 1.807) is 0 Å². The molecule has 6 nitrogen and oxygen atoms in total. The molecule has 0 spiro atoms. The lowest BCUT2D eigenvalue weighted by Gasteiger charge is -2.03. The Kier molecular flexibility index (Phi) is 5.67. The molecule has 0 bridgehead atoms. The third kappa shape index (κ3) is 1490. The molecule has 0 aromatic heterocycles. The van der Waals surface area contributed by atoms with Crippen molar-refractivity contribution >= 4 is 5.84 Å². The number of amidine groups is 1. The molecule has 0 amide bonds. The van der Waals surface area contributed by atoms with E-state index in [2.05, 4.69) is 0 Å². The highest BCUT2D eigenvalue weighted by atomic mass is 35.7. The van der Waals surface area contributed by atoms with Crippen molar-refractivity contribution in [3.8, 4) is 0 Å².